The summed E-state index contributed by atoms with van der Waals surface area (Å²) in [5.41, 5.74) is 6.43. The topological polar surface area (TPSA) is 35.2 Å². The van der Waals surface area contributed by atoms with E-state index in [0.717, 1.165) is 29.9 Å². The minimum atomic E-state index is 0.747. The Morgan fingerprint density at radius 1 is 1.43 bits per heavy atom. The van der Waals surface area contributed by atoms with Crippen molar-refractivity contribution >= 4 is 5.69 Å². The van der Waals surface area contributed by atoms with Gasteiger partial charge < -0.3 is 10.5 Å². The van der Waals surface area contributed by atoms with E-state index in [9.17, 15) is 0 Å². The average molecular weight is 191 g/mol. The maximum atomic E-state index is 5.68. The van der Waals surface area contributed by atoms with Gasteiger partial charge in [0.15, 0.2) is 0 Å². The van der Waals surface area contributed by atoms with E-state index in [-0.39, 0.29) is 0 Å². The fourth-order valence-electron chi connectivity index (χ4n) is 1.79. The van der Waals surface area contributed by atoms with Crippen LogP contribution >= 0.6 is 0 Å². The number of nitrogen functional groups attached to an aromatic ring is 1. The lowest BCUT2D eigenvalue weighted by Gasteiger charge is -2.33. The number of rotatable bonds is 3. The van der Waals surface area contributed by atoms with Crippen molar-refractivity contribution in [1.29, 1.82) is 0 Å². The zero-order valence-corrected chi connectivity index (χ0v) is 8.57. The highest BCUT2D eigenvalue weighted by Crippen LogP contribution is 2.33. The molecule has 0 unspecified atom stereocenters. The molecule has 76 valence electrons. The number of hydrogen-bond donors (Lipinski definition) is 1. The van der Waals surface area contributed by atoms with E-state index >= 15 is 0 Å². The molecule has 1 aromatic carbocycles. The first-order chi connectivity index (χ1) is 6.75. The number of ether oxygens (including phenoxy) is 1. The minimum absolute atomic E-state index is 0.747. The van der Waals surface area contributed by atoms with Gasteiger partial charge in [0.25, 0.3) is 0 Å². The number of nitrogens with two attached hydrogens (primary N) is 1. The molecule has 14 heavy (non-hydrogen) atoms. The van der Waals surface area contributed by atoms with Crippen LogP contribution in [0.1, 0.15) is 19.8 Å². The zero-order valence-electron chi connectivity index (χ0n) is 8.57. The van der Waals surface area contributed by atoms with Gasteiger partial charge in [0, 0.05) is 11.8 Å². The Morgan fingerprint density at radius 2 is 2.29 bits per heavy atom. The molecule has 0 heterocycles. The lowest BCUT2D eigenvalue weighted by Crippen LogP contribution is -2.28. The minimum Gasteiger partial charge on any atom is -0.493 e. The molecule has 0 aliphatic heterocycles. The van der Waals surface area contributed by atoms with Gasteiger partial charge in [-0.2, -0.15) is 0 Å². The van der Waals surface area contributed by atoms with Crippen LogP contribution in [0.3, 0.4) is 0 Å². The van der Waals surface area contributed by atoms with Gasteiger partial charge in [-0.05, 0) is 36.8 Å². The highest BCUT2D eigenvalue weighted by atomic mass is 16.5. The molecular weight excluding hydrogens is 174 g/mol. The van der Waals surface area contributed by atoms with E-state index in [2.05, 4.69) is 6.92 Å². The van der Waals surface area contributed by atoms with Gasteiger partial charge in [-0.15, -0.1) is 0 Å². The number of benzene rings is 1. The highest BCUT2D eigenvalue weighted by Gasteiger charge is 2.26. The molecule has 0 saturated heterocycles. The van der Waals surface area contributed by atoms with Crippen LogP contribution in [0, 0.1) is 11.8 Å². The molecule has 2 heteroatoms. The summed E-state index contributed by atoms with van der Waals surface area (Å²) < 4.78 is 5.68. The van der Waals surface area contributed by atoms with Crippen molar-refractivity contribution < 1.29 is 4.74 Å². The van der Waals surface area contributed by atoms with Crippen LogP contribution in [-0.2, 0) is 0 Å². The highest BCUT2D eigenvalue weighted by molar-refractivity contribution is 5.43. The van der Waals surface area contributed by atoms with Gasteiger partial charge >= 0.3 is 0 Å². The quantitative estimate of drug-likeness (QED) is 0.745. The monoisotopic (exact) mass is 191 g/mol. The number of hydrogen-bond acceptors (Lipinski definition) is 2. The second-order valence-electron chi connectivity index (χ2n) is 4.20. The van der Waals surface area contributed by atoms with E-state index in [4.69, 9.17) is 10.5 Å². The third-order valence-electron chi connectivity index (χ3n) is 3.12. The van der Waals surface area contributed by atoms with E-state index in [1.165, 1.54) is 12.8 Å². The second-order valence-corrected chi connectivity index (χ2v) is 4.20. The lowest BCUT2D eigenvalue weighted by molar-refractivity contribution is 0.116. The summed E-state index contributed by atoms with van der Waals surface area (Å²) in [4.78, 5) is 0. The van der Waals surface area contributed by atoms with Crippen molar-refractivity contribution in [2.75, 3.05) is 12.3 Å². The van der Waals surface area contributed by atoms with Crippen molar-refractivity contribution in [2.45, 2.75) is 19.8 Å². The Bertz CT molecular complexity index is 311. The molecule has 1 aliphatic rings. The fraction of sp³-hybridized carbons (Fsp3) is 0.500. The molecule has 2 N–H and O–H groups in total. The van der Waals surface area contributed by atoms with Crippen LogP contribution in [0.2, 0.25) is 0 Å². The first-order valence-electron chi connectivity index (χ1n) is 5.24. The first-order valence-corrected chi connectivity index (χ1v) is 5.24. The normalized spacial score (nSPS) is 25.5. The first kappa shape index (κ1) is 9.38. The Labute approximate surface area is 85.1 Å². The Morgan fingerprint density at radius 3 is 2.86 bits per heavy atom. The summed E-state index contributed by atoms with van der Waals surface area (Å²) >= 11 is 0. The summed E-state index contributed by atoms with van der Waals surface area (Å²) in [5.74, 6) is 2.47. The molecule has 1 fully saturated rings. The average Bonchev–Trinajstić information content (AvgIpc) is 2.16. The van der Waals surface area contributed by atoms with Crippen molar-refractivity contribution in [2.24, 2.45) is 11.8 Å². The molecule has 1 aromatic rings. The molecule has 2 atom stereocenters. The largest absolute Gasteiger partial charge is 0.493 e. The van der Waals surface area contributed by atoms with Crippen LogP contribution in [0.5, 0.6) is 5.75 Å². The third kappa shape index (κ3) is 2.00. The molecule has 1 aliphatic carbocycles. The van der Waals surface area contributed by atoms with Crippen LogP contribution < -0.4 is 10.5 Å². The molecule has 0 spiro atoms. The standard InChI is InChI=1S/C12H17NO/c1-9-5-6-10(9)8-14-12-4-2-3-11(13)7-12/h2-4,7,9-10H,5-6,8,13H2,1H3/t9-,10-/m1/s1. The summed E-state index contributed by atoms with van der Waals surface area (Å²) in [5, 5.41) is 0. The zero-order chi connectivity index (χ0) is 9.97. The van der Waals surface area contributed by atoms with Crippen molar-refractivity contribution in [3.63, 3.8) is 0 Å². The van der Waals surface area contributed by atoms with Gasteiger partial charge in [-0.1, -0.05) is 13.0 Å². The van der Waals surface area contributed by atoms with E-state index in [0.29, 0.717) is 0 Å². The van der Waals surface area contributed by atoms with E-state index < -0.39 is 0 Å². The second kappa shape index (κ2) is 3.91. The molecule has 2 nitrogen and oxygen atoms in total. The predicted octanol–water partition coefficient (Wildman–Crippen LogP) is 2.69. The maximum Gasteiger partial charge on any atom is 0.121 e. The molecule has 0 amide bonds. The van der Waals surface area contributed by atoms with Crippen LogP contribution in [0.15, 0.2) is 24.3 Å². The molecule has 1 saturated carbocycles. The number of anilines is 1. The summed E-state index contributed by atoms with van der Waals surface area (Å²) in [6.45, 7) is 3.13. The van der Waals surface area contributed by atoms with Crippen molar-refractivity contribution in [3.8, 4) is 5.75 Å². The fourth-order valence-corrected chi connectivity index (χ4v) is 1.79. The van der Waals surface area contributed by atoms with E-state index in [1.807, 2.05) is 24.3 Å². The van der Waals surface area contributed by atoms with Gasteiger partial charge in [-0.25, -0.2) is 0 Å². The SMILES string of the molecule is C[C@@H]1CC[C@@H]1COc1cccc(N)c1. The molecule has 0 aromatic heterocycles. The van der Waals surface area contributed by atoms with Gasteiger partial charge in [-0.3, -0.25) is 0 Å². The third-order valence-corrected chi connectivity index (χ3v) is 3.12. The van der Waals surface area contributed by atoms with Crippen LogP contribution in [0.4, 0.5) is 5.69 Å². The Hall–Kier alpha value is -1.18. The summed E-state index contributed by atoms with van der Waals surface area (Å²) in [6.07, 6.45) is 2.66. The summed E-state index contributed by atoms with van der Waals surface area (Å²) in [6, 6.07) is 7.64. The van der Waals surface area contributed by atoms with Crippen molar-refractivity contribution in [1.82, 2.24) is 0 Å². The Kier molecular flexibility index (Phi) is 2.62. The van der Waals surface area contributed by atoms with Gasteiger partial charge in [0.2, 0.25) is 0 Å². The molecule has 2 rings (SSSR count). The smallest absolute Gasteiger partial charge is 0.121 e. The lowest BCUT2D eigenvalue weighted by atomic mass is 9.75. The van der Waals surface area contributed by atoms with Crippen LogP contribution in [0.25, 0.3) is 0 Å². The predicted molar refractivity (Wildman–Crippen MR) is 58.2 cm³/mol. The van der Waals surface area contributed by atoms with Gasteiger partial charge in [0.05, 0.1) is 6.61 Å². The molecule has 0 radical (unpaired) electrons. The van der Waals surface area contributed by atoms with Crippen molar-refractivity contribution in [3.05, 3.63) is 24.3 Å². The maximum absolute atomic E-state index is 5.68. The van der Waals surface area contributed by atoms with E-state index in [1.54, 1.807) is 0 Å². The van der Waals surface area contributed by atoms with Gasteiger partial charge in [0.1, 0.15) is 5.75 Å². The Balaban J connectivity index is 1.85. The molecule has 0 bridgehead atoms. The molecular formula is C12H17NO. The summed E-state index contributed by atoms with van der Waals surface area (Å²) in [7, 11) is 0. The van der Waals surface area contributed by atoms with Crippen LogP contribution in [-0.4, -0.2) is 6.61 Å².